The van der Waals surface area contributed by atoms with Gasteiger partial charge < -0.3 is 20.1 Å². The summed E-state index contributed by atoms with van der Waals surface area (Å²) in [6, 6.07) is 15.8. The highest BCUT2D eigenvalue weighted by atomic mass is 32.2. The molecule has 0 aliphatic carbocycles. The van der Waals surface area contributed by atoms with Crippen LogP contribution in [0.3, 0.4) is 0 Å². The number of aromatic amines is 1. The Morgan fingerprint density at radius 2 is 1.89 bits per heavy atom. The molecule has 1 aromatic heterocycles. The van der Waals surface area contributed by atoms with Crippen molar-refractivity contribution in [2.24, 2.45) is 0 Å². The maximum absolute atomic E-state index is 13.4. The van der Waals surface area contributed by atoms with Gasteiger partial charge in [-0.15, -0.1) is 0 Å². The van der Waals surface area contributed by atoms with Gasteiger partial charge >= 0.3 is 0 Å². The second-order valence-corrected chi connectivity index (χ2v) is 11.9. The average Bonchev–Trinajstić information content (AvgIpc) is 3.57. The molecule has 2 aromatic carbocycles. The van der Waals surface area contributed by atoms with E-state index in [0.29, 0.717) is 52.8 Å². The van der Waals surface area contributed by atoms with Crippen molar-refractivity contribution in [2.45, 2.75) is 30.0 Å². The zero-order valence-electron chi connectivity index (χ0n) is 21.1. The molecule has 9 heteroatoms. The third-order valence-corrected chi connectivity index (χ3v) is 8.70. The first-order valence-corrected chi connectivity index (χ1v) is 13.9. The molecular weight excluding hydrogens is 488 g/mol. The first-order chi connectivity index (χ1) is 17.6. The van der Waals surface area contributed by atoms with Crippen molar-refractivity contribution in [1.29, 1.82) is 0 Å². The van der Waals surface area contributed by atoms with Crippen LogP contribution in [0.25, 0.3) is 11.6 Å². The molecule has 37 heavy (non-hydrogen) atoms. The van der Waals surface area contributed by atoms with Gasteiger partial charge in [-0.2, -0.15) is 0 Å². The number of carbonyl (C=O) groups excluding carboxylic acids is 2. The zero-order chi connectivity index (χ0) is 26.3. The van der Waals surface area contributed by atoms with Gasteiger partial charge in [-0.1, -0.05) is 30.3 Å². The first kappa shape index (κ1) is 25.0. The minimum Gasteiger partial charge on any atom is -0.358 e. The van der Waals surface area contributed by atoms with E-state index < -0.39 is 9.84 Å². The van der Waals surface area contributed by atoms with Crippen LogP contribution in [0.5, 0.6) is 0 Å². The molecule has 5 rings (SSSR count). The molecule has 0 saturated carbocycles. The highest BCUT2D eigenvalue weighted by Crippen LogP contribution is 2.36. The molecule has 0 radical (unpaired) electrons. The molecule has 2 aliphatic rings. The fourth-order valence-corrected chi connectivity index (χ4v) is 6.31. The second-order valence-electron chi connectivity index (χ2n) is 9.90. The second kappa shape index (κ2) is 9.64. The summed E-state index contributed by atoms with van der Waals surface area (Å²) in [7, 11) is 0.398. The van der Waals surface area contributed by atoms with Crippen molar-refractivity contribution in [2.75, 3.05) is 32.5 Å². The Labute approximate surface area is 216 Å². The standard InChI is InChI=1S/C28H30N4O4S/c1-18-13-24(28(34)32-12-11-20(16-32)31(2)3)26(29-18)15-23-22-14-21(9-10-25(22)30-27(23)33)37(35,36)17-19-7-5-4-6-8-19/h4-10,13-15,20,29H,11-12,16-17H2,1-3H3,(H,30,33)/b23-15-. The lowest BCUT2D eigenvalue weighted by Crippen LogP contribution is -2.34. The van der Waals surface area contributed by atoms with E-state index in [9.17, 15) is 18.0 Å². The maximum Gasteiger partial charge on any atom is 0.256 e. The molecule has 0 spiro atoms. The van der Waals surface area contributed by atoms with Gasteiger partial charge in [0.1, 0.15) is 0 Å². The molecule has 8 nitrogen and oxygen atoms in total. The maximum atomic E-state index is 13.4. The van der Waals surface area contributed by atoms with E-state index in [4.69, 9.17) is 0 Å². The van der Waals surface area contributed by atoms with E-state index in [1.165, 1.54) is 12.1 Å². The Kier molecular flexibility index (Phi) is 6.51. The third-order valence-electron chi connectivity index (χ3n) is 7.02. The van der Waals surface area contributed by atoms with Crippen molar-refractivity contribution in [3.8, 4) is 0 Å². The Morgan fingerprint density at radius 1 is 1.14 bits per heavy atom. The van der Waals surface area contributed by atoms with Crippen molar-refractivity contribution >= 4 is 39.0 Å². The molecule has 2 N–H and O–H groups in total. The summed E-state index contributed by atoms with van der Waals surface area (Å²) in [5.74, 6) is -0.559. The van der Waals surface area contributed by atoms with Crippen LogP contribution < -0.4 is 5.32 Å². The molecule has 0 bridgehead atoms. The van der Waals surface area contributed by atoms with Gasteiger partial charge in [-0.25, -0.2) is 8.42 Å². The monoisotopic (exact) mass is 518 g/mol. The van der Waals surface area contributed by atoms with Crippen molar-refractivity contribution in [3.05, 3.63) is 82.7 Å². The predicted octanol–water partition coefficient (Wildman–Crippen LogP) is 3.57. The van der Waals surface area contributed by atoms with Gasteiger partial charge in [0.2, 0.25) is 0 Å². The Balaban J connectivity index is 1.48. The average molecular weight is 519 g/mol. The minimum atomic E-state index is -3.63. The SMILES string of the molecule is Cc1cc(C(=O)N2CCC(N(C)C)C2)c(/C=C2\C(=O)Nc3ccc(S(=O)(=O)Cc4ccccc4)cc32)[nH]1. The van der Waals surface area contributed by atoms with E-state index in [1.54, 1.807) is 42.5 Å². The molecule has 2 amide bonds. The lowest BCUT2D eigenvalue weighted by atomic mass is 10.0. The van der Waals surface area contributed by atoms with Crippen LogP contribution in [0.4, 0.5) is 5.69 Å². The smallest absolute Gasteiger partial charge is 0.256 e. The molecule has 192 valence electrons. The number of likely N-dealkylation sites (N-methyl/N-ethyl adjacent to an activating group) is 1. The molecule has 3 heterocycles. The summed E-state index contributed by atoms with van der Waals surface area (Å²) < 4.78 is 26.3. The van der Waals surface area contributed by atoms with E-state index >= 15 is 0 Å². The lowest BCUT2D eigenvalue weighted by molar-refractivity contribution is -0.110. The predicted molar refractivity (Wildman–Crippen MR) is 144 cm³/mol. The summed E-state index contributed by atoms with van der Waals surface area (Å²) >= 11 is 0. The molecule has 1 unspecified atom stereocenters. The highest BCUT2D eigenvalue weighted by molar-refractivity contribution is 7.90. The summed E-state index contributed by atoms with van der Waals surface area (Å²) in [5, 5.41) is 2.81. The summed E-state index contributed by atoms with van der Waals surface area (Å²) in [6.45, 7) is 3.19. The number of aromatic nitrogens is 1. The lowest BCUT2D eigenvalue weighted by Gasteiger charge is -2.20. The number of likely N-dealkylation sites (tertiary alicyclic amines) is 1. The Bertz CT molecular complexity index is 1510. The molecule has 1 saturated heterocycles. The number of sulfone groups is 1. The normalized spacial score (nSPS) is 18.5. The number of benzene rings is 2. The van der Waals surface area contributed by atoms with Crippen molar-refractivity contribution < 1.29 is 18.0 Å². The third kappa shape index (κ3) is 4.97. The number of hydrogen-bond acceptors (Lipinski definition) is 5. The minimum absolute atomic E-state index is 0.0848. The number of nitrogens with one attached hydrogen (secondary N) is 2. The van der Waals surface area contributed by atoms with Crippen LogP contribution in [-0.2, 0) is 20.4 Å². The molecule has 1 fully saturated rings. The number of hydrogen-bond donors (Lipinski definition) is 2. The van der Waals surface area contributed by atoms with Crippen molar-refractivity contribution in [3.63, 3.8) is 0 Å². The van der Waals surface area contributed by atoms with Crippen molar-refractivity contribution in [1.82, 2.24) is 14.8 Å². The molecule has 3 aromatic rings. The Hall–Kier alpha value is -3.69. The number of anilines is 1. The number of fused-ring (bicyclic) bond motifs is 1. The summed E-state index contributed by atoms with van der Waals surface area (Å²) in [6.07, 6.45) is 2.56. The van der Waals surface area contributed by atoms with Crippen LogP contribution in [-0.4, -0.2) is 68.2 Å². The van der Waals surface area contributed by atoms with E-state index in [1.807, 2.05) is 32.0 Å². The largest absolute Gasteiger partial charge is 0.358 e. The van der Waals surface area contributed by atoms with E-state index in [-0.39, 0.29) is 22.5 Å². The number of nitrogens with zero attached hydrogens (tertiary/aromatic N) is 2. The van der Waals surface area contributed by atoms with Gasteiger partial charge in [0.15, 0.2) is 9.84 Å². The number of rotatable bonds is 6. The van der Waals surface area contributed by atoms with Crippen LogP contribution in [0, 0.1) is 6.92 Å². The summed E-state index contributed by atoms with van der Waals surface area (Å²) in [5.41, 5.74) is 3.88. The quantitative estimate of drug-likeness (QED) is 0.486. The van der Waals surface area contributed by atoms with Gasteiger partial charge in [-0.3, -0.25) is 9.59 Å². The zero-order valence-corrected chi connectivity index (χ0v) is 21.9. The fraction of sp³-hybridized carbons (Fsp3) is 0.286. The van der Waals surface area contributed by atoms with Gasteiger partial charge in [0.05, 0.1) is 27.5 Å². The number of amides is 2. The fourth-order valence-electron chi connectivity index (χ4n) is 4.94. The van der Waals surface area contributed by atoms with Crippen LogP contribution in [0.1, 0.15) is 39.3 Å². The van der Waals surface area contributed by atoms with E-state index in [2.05, 4.69) is 15.2 Å². The first-order valence-electron chi connectivity index (χ1n) is 12.2. The topological polar surface area (TPSA) is 103 Å². The van der Waals surface area contributed by atoms with E-state index in [0.717, 1.165) is 12.1 Å². The van der Waals surface area contributed by atoms with Gasteiger partial charge in [-0.05, 0) is 63.3 Å². The number of aryl methyl sites for hydroxylation is 1. The van der Waals surface area contributed by atoms with Gasteiger partial charge in [0.25, 0.3) is 11.8 Å². The van der Waals surface area contributed by atoms with Crippen LogP contribution in [0.15, 0.2) is 59.5 Å². The van der Waals surface area contributed by atoms with Crippen LogP contribution >= 0.6 is 0 Å². The van der Waals surface area contributed by atoms with Crippen LogP contribution in [0.2, 0.25) is 0 Å². The number of carbonyl (C=O) groups is 2. The summed E-state index contributed by atoms with van der Waals surface area (Å²) in [4.78, 5) is 33.6. The number of H-pyrrole nitrogens is 1. The molecular formula is C28H30N4O4S. The highest BCUT2D eigenvalue weighted by Gasteiger charge is 2.31. The molecule has 2 aliphatic heterocycles. The molecule has 1 atom stereocenters. The Morgan fingerprint density at radius 3 is 2.59 bits per heavy atom. The van der Waals surface area contributed by atoms with Gasteiger partial charge in [0, 0.05) is 36.1 Å².